The van der Waals surface area contributed by atoms with Gasteiger partial charge in [0.05, 0.1) is 20.1 Å². The van der Waals surface area contributed by atoms with E-state index in [9.17, 15) is 4.79 Å². The molecule has 0 radical (unpaired) electrons. The van der Waals surface area contributed by atoms with Crippen LogP contribution >= 0.6 is 0 Å². The predicted molar refractivity (Wildman–Crippen MR) is 95.5 cm³/mol. The lowest BCUT2D eigenvalue weighted by molar-refractivity contribution is -0.132. The second kappa shape index (κ2) is 8.21. The number of amides is 1. The van der Waals surface area contributed by atoms with Crippen LogP contribution in [0.3, 0.4) is 0 Å². The first kappa shape index (κ1) is 18.2. The predicted octanol–water partition coefficient (Wildman–Crippen LogP) is 2.73. The van der Waals surface area contributed by atoms with Crippen LogP contribution in [0.4, 0.5) is 0 Å². The summed E-state index contributed by atoms with van der Waals surface area (Å²) in [4.78, 5) is 18.9. The Bertz CT molecular complexity index is 759. The summed E-state index contributed by atoms with van der Waals surface area (Å²) in [5, 5.41) is 3.86. The molecule has 0 saturated carbocycles. The van der Waals surface area contributed by atoms with E-state index in [2.05, 4.69) is 10.1 Å². The molecule has 1 amide bonds. The topological polar surface area (TPSA) is 77.7 Å². The Morgan fingerprint density at radius 2 is 2.12 bits per heavy atom. The van der Waals surface area contributed by atoms with Crippen LogP contribution in [0, 0.1) is 6.92 Å². The fourth-order valence-electron chi connectivity index (χ4n) is 3.33. The summed E-state index contributed by atoms with van der Waals surface area (Å²) in [6.45, 7) is 3.24. The van der Waals surface area contributed by atoms with Gasteiger partial charge in [0.2, 0.25) is 11.8 Å². The smallest absolute Gasteiger partial charge is 0.231 e. The Hall–Kier alpha value is -2.57. The summed E-state index contributed by atoms with van der Waals surface area (Å²) < 4.78 is 15.9. The minimum Gasteiger partial charge on any atom is -0.493 e. The van der Waals surface area contributed by atoms with Gasteiger partial charge in [0, 0.05) is 19.5 Å². The number of likely N-dealkylation sites (tertiary alicyclic amines) is 1. The molecule has 2 heterocycles. The van der Waals surface area contributed by atoms with Crippen LogP contribution in [-0.4, -0.2) is 48.3 Å². The zero-order valence-electron chi connectivity index (χ0n) is 15.5. The highest BCUT2D eigenvalue weighted by Crippen LogP contribution is 2.29. The number of methoxy groups -OCH3 is 2. The molecule has 1 fully saturated rings. The summed E-state index contributed by atoms with van der Waals surface area (Å²) in [5.74, 6) is 2.94. The summed E-state index contributed by atoms with van der Waals surface area (Å²) in [5.41, 5.74) is 1.05. The molecule has 1 aliphatic heterocycles. The summed E-state index contributed by atoms with van der Waals surface area (Å²) in [7, 11) is 3.22. The number of hydrogen-bond acceptors (Lipinski definition) is 6. The summed E-state index contributed by atoms with van der Waals surface area (Å²) in [6.07, 6.45) is 3.06. The normalized spacial score (nSPS) is 17.2. The molecule has 0 N–H and O–H groups in total. The van der Waals surface area contributed by atoms with E-state index in [4.69, 9.17) is 14.0 Å². The first-order chi connectivity index (χ1) is 12.6. The van der Waals surface area contributed by atoms with Crippen LogP contribution in [0.5, 0.6) is 11.5 Å². The molecule has 0 spiro atoms. The van der Waals surface area contributed by atoms with Gasteiger partial charge in [-0.25, -0.2) is 0 Å². The molecule has 26 heavy (non-hydrogen) atoms. The van der Waals surface area contributed by atoms with Crippen LogP contribution in [0.25, 0.3) is 0 Å². The summed E-state index contributed by atoms with van der Waals surface area (Å²) in [6, 6.07) is 5.76. The Morgan fingerprint density at radius 1 is 1.31 bits per heavy atom. The number of rotatable bonds is 6. The zero-order valence-corrected chi connectivity index (χ0v) is 15.5. The van der Waals surface area contributed by atoms with E-state index in [-0.39, 0.29) is 11.8 Å². The molecule has 2 aromatic rings. The number of carbonyl (C=O) groups is 1. The fourth-order valence-corrected chi connectivity index (χ4v) is 3.33. The SMILES string of the molecule is COc1ccc(CCC(=O)N2CCC[C@H](c3nc(C)no3)C2)cc1OC. The Kier molecular flexibility index (Phi) is 5.75. The van der Waals surface area contributed by atoms with Crippen LogP contribution < -0.4 is 9.47 Å². The van der Waals surface area contributed by atoms with E-state index in [0.717, 1.165) is 24.9 Å². The second-order valence-corrected chi connectivity index (χ2v) is 6.55. The second-order valence-electron chi connectivity index (χ2n) is 6.55. The van der Waals surface area contributed by atoms with Gasteiger partial charge in [-0.15, -0.1) is 0 Å². The number of benzene rings is 1. The fraction of sp³-hybridized carbons (Fsp3) is 0.526. The van der Waals surface area contributed by atoms with Gasteiger partial charge in [-0.3, -0.25) is 4.79 Å². The van der Waals surface area contributed by atoms with Crippen molar-refractivity contribution in [1.29, 1.82) is 0 Å². The Labute approximate surface area is 153 Å². The van der Waals surface area contributed by atoms with Crippen LogP contribution in [-0.2, 0) is 11.2 Å². The molecular weight excluding hydrogens is 334 g/mol. The quantitative estimate of drug-likeness (QED) is 0.789. The molecule has 7 heteroatoms. The molecule has 1 aromatic heterocycles. The van der Waals surface area contributed by atoms with Crippen molar-refractivity contribution in [3.8, 4) is 11.5 Å². The van der Waals surface area contributed by atoms with Crippen LogP contribution in [0.15, 0.2) is 22.7 Å². The number of piperidine rings is 1. The van der Waals surface area contributed by atoms with E-state index < -0.39 is 0 Å². The molecule has 7 nitrogen and oxygen atoms in total. The number of nitrogens with zero attached hydrogens (tertiary/aromatic N) is 3. The summed E-state index contributed by atoms with van der Waals surface area (Å²) >= 11 is 0. The van der Waals surface area contributed by atoms with Crippen molar-refractivity contribution >= 4 is 5.91 Å². The van der Waals surface area contributed by atoms with Gasteiger partial charge in [0.1, 0.15) is 0 Å². The number of carbonyl (C=O) groups excluding carboxylic acids is 1. The standard InChI is InChI=1S/C19H25N3O4/c1-13-20-19(26-21-13)15-5-4-10-22(12-15)18(23)9-7-14-6-8-16(24-2)17(11-14)25-3/h6,8,11,15H,4-5,7,9-10,12H2,1-3H3/t15-/m0/s1. The monoisotopic (exact) mass is 359 g/mol. The average molecular weight is 359 g/mol. The van der Waals surface area contributed by atoms with Gasteiger partial charge in [-0.05, 0) is 43.9 Å². The molecule has 0 aliphatic carbocycles. The van der Waals surface area contributed by atoms with E-state index in [1.165, 1.54) is 0 Å². The molecule has 1 saturated heterocycles. The van der Waals surface area contributed by atoms with Crippen LogP contribution in [0.1, 0.15) is 42.5 Å². The molecule has 1 atom stereocenters. The maximum absolute atomic E-state index is 12.6. The maximum atomic E-state index is 12.6. The van der Waals surface area contributed by atoms with Crippen molar-refractivity contribution in [2.24, 2.45) is 0 Å². The van der Waals surface area contributed by atoms with Crippen molar-refractivity contribution in [1.82, 2.24) is 15.0 Å². The average Bonchev–Trinajstić information content (AvgIpc) is 3.12. The lowest BCUT2D eigenvalue weighted by Crippen LogP contribution is -2.39. The van der Waals surface area contributed by atoms with E-state index in [1.807, 2.05) is 30.0 Å². The third kappa shape index (κ3) is 4.15. The molecule has 0 unspecified atom stereocenters. The number of ether oxygens (including phenoxy) is 2. The number of hydrogen-bond donors (Lipinski definition) is 0. The molecule has 1 aliphatic rings. The van der Waals surface area contributed by atoms with E-state index in [1.54, 1.807) is 14.2 Å². The number of aromatic nitrogens is 2. The van der Waals surface area contributed by atoms with Gasteiger partial charge in [0.25, 0.3) is 0 Å². The van der Waals surface area contributed by atoms with Crippen molar-refractivity contribution in [2.45, 2.75) is 38.5 Å². The third-order valence-corrected chi connectivity index (χ3v) is 4.74. The Balaban J connectivity index is 1.57. The minimum absolute atomic E-state index is 0.134. The zero-order chi connectivity index (χ0) is 18.5. The van der Waals surface area contributed by atoms with E-state index >= 15 is 0 Å². The number of aryl methyl sites for hydroxylation is 2. The van der Waals surface area contributed by atoms with Crippen molar-refractivity contribution in [3.63, 3.8) is 0 Å². The molecule has 140 valence electrons. The van der Waals surface area contributed by atoms with Gasteiger partial charge in [-0.1, -0.05) is 11.2 Å². The largest absolute Gasteiger partial charge is 0.493 e. The van der Waals surface area contributed by atoms with Crippen molar-refractivity contribution in [2.75, 3.05) is 27.3 Å². The minimum atomic E-state index is 0.134. The van der Waals surface area contributed by atoms with Gasteiger partial charge < -0.3 is 18.9 Å². The Morgan fingerprint density at radius 3 is 2.81 bits per heavy atom. The van der Waals surface area contributed by atoms with Crippen molar-refractivity contribution in [3.05, 3.63) is 35.5 Å². The highest BCUT2D eigenvalue weighted by Gasteiger charge is 2.28. The van der Waals surface area contributed by atoms with Gasteiger partial charge >= 0.3 is 0 Å². The van der Waals surface area contributed by atoms with E-state index in [0.29, 0.717) is 42.6 Å². The highest BCUT2D eigenvalue weighted by atomic mass is 16.5. The third-order valence-electron chi connectivity index (χ3n) is 4.74. The molecule has 1 aromatic carbocycles. The van der Waals surface area contributed by atoms with Gasteiger partial charge in [-0.2, -0.15) is 4.98 Å². The molecule has 3 rings (SSSR count). The van der Waals surface area contributed by atoms with Crippen LogP contribution in [0.2, 0.25) is 0 Å². The molecular formula is C19H25N3O4. The lowest BCUT2D eigenvalue weighted by atomic mass is 9.97. The molecule has 0 bridgehead atoms. The maximum Gasteiger partial charge on any atom is 0.231 e. The lowest BCUT2D eigenvalue weighted by Gasteiger charge is -2.31. The highest BCUT2D eigenvalue weighted by molar-refractivity contribution is 5.76. The van der Waals surface area contributed by atoms with Gasteiger partial charge in [0.15, 0.2) is 17.3 Å². The first-order valence-electron chi connectivity index (χ1n) is 8.89. The first-order valence-corrected chi connectivity index (χ1v) is 8.89. The van der Waals surface area contributed by atoms with Crippen molar-refractivity contribution < 1.29 is 18.8 Å².